The summed E-state index contributed by atoms with van der Waals surface area (Å²) < 4.78 is 0. The average molecular weight is 244 g/mol. The van der Waals surface area contributed by atoms with Gasteiger partial charge < -0.3 is 11.5 Å². The fourth-order valence-corrected chi connectivity index (χ4v) is 2.61. The van der Waals surface area contributed by atoms with Crippen LogP contribution < -0.4 is 11.5 Å². The summed E-state index contributed by atoms with van der Waals surface area (Å²) in [6, 6.07) is 12.1. The van der Waals surface area contributed by atoms with E-state index in [-0.39, 0.29) is 0 Å². The number of aryl methyl sites for hydroxylation is 2. The van der Waals surface area contributed by atoms with Crippen LogP contribution >= 0.6 is 11.8 Å². The van der Waals surface area contributed by atoms with Crippen LogP contribution in [-0.4, -0.2) is 0 Å². The van der Waals surface area contributed by atoms with Gasteiger partial charge in [0, 0.05) is 21.2 Å². The fourth-order valence-electron chi connectivity index (χ4n) is 1.63. The Hall–Kier alpha value is -1.61. The quantitative estimate of drug-likeness (QED) is 0.793. The second-order valence-electron chi connectivity index (χ2n) is 4.15. The van der Waals surface area contributed by atoms with Gasteiger partial charge in [0.05, 0.1) is 0 Å². The number of hydrogen-bond acceptors (Lipinski definition) is 3. The lowest BCUT2D eigenvalue weighted by Gasteiger charge is -2.08. The Kier molecular flexibility index (Phi) is 3.29. The Morgan fingerprint density at radius 1 is 0.882 bits per heavy atom. The van der Waals surface area contributed by atoms with E-state index in [0.717, 1.165) is 16.9 Å². The van der Waals surface area contributed by atoms with Crippen molar-refractivity contribution in [3.8, 4) is 0 Å². The maximum Gasteiger partial charge on any atom is 0.0344 e. The summed E-state index contributed by atoms with van der Waals surface area (Å²) in [6.45, 7) is 4.10. The van der Waals surface area contributed by atoms with Gasteiger partial charge in [-0.2, -0.15) is 0 Å². The second-order valence-corrected chi connectivity index (χ2v) is 5.26. The smallest absolute Gasteiger partial charge is 0.0344 e. The first-order chi connectivity index (χ1) is 8.06. The van der Waals surface area contributed by atoms with Crippen molar-refractivity contribution in [2.45, 2.75) is 23.6 Å². The number of benzene rings is 2. The van der Waals surface area contributed by atoms with E-state index in [4.69, 9.17) is 11.5 Å². The first kappa shape index (κ1) is 11.9. The second kappa shape index (κ2) is 4.72. The molecule has 0 unspecified atom stereocenters. The molecule has 4 N–H and O–H groups in total. The summed E-state index contributed by atoms with van der Waals surface area (Å²) in [4.78, 5) is 2.42. The van der Waals surface area contributed by atoms with Gasteiger partial charge in [0.15, 0.2) is 0 Å². The number of rotatable bonds is 2. The molecule has 0 aliphatic carbocycles. The number of nitrogens with two attached hydrogens (primary N) is 2. The molecule has 0 aromatic heterocycles. The summed E-state index contributed by atoms with van der Waals surface area (Å²) in [6.07, 6.45) is 0. The van der Waals surface area contributed by atoms with Gasteiger partial charge >= 0.3 is 0 Å². The molecular formula is C14H16N2S. The molecule has 2 rings (SSSR count). The molecule has 2 nitrogen and oxygen atoms in total. The average Bonchev–Trinajstić information content (AvgIpc) is 2.27. The Morgan fingerprint density at radius 3 is 2.29 bits per heavy atom. The monoisotopic (exact) mass is 244 g/mol. The minimum absolute atomic E-state index is 0.806. The van der Waals surface area contributed by atoms with Gasteiger partial charge in [-0.15, -0.1) is 0 Å². The van der Waals surface area contributed by atoms with Gasteiger partial charge in [-0.25, -0.2) is 0 Å². The SMILES string of the molecule is Cc1cc(Sc2ccc(N)cc2C)ccc1N. The molecule has 0 spiro atoms. The Morgan fingerprint density at radius 2 is 1.65 bits per heavy atom. The predicted octanol–water partition coefficient (Wildman–Crippen LogP) is 3.62. The normalized spacial score (nSPS) is 10.5. The highest BCUT2D eigenvalue weighted by Crippen LogP contribution is 2.32. The maximum absolute atomic E-state index is 5.81. The standard InChI is InChI=1S/C14H16N2S/c1-9-8-12(4-5-13(9)16)17-14-6-3-11(15)7-10(14)2/h3-8H,15-16H2,1-2H3. The largest absolute Gasteiger partial charge is 0.399 e. The topological polar surface area (TPSA) is 52.0 Å². The van der Waals surface area contributed by atoms with Crippen LogP contribution in [0.3, 0.4) is 0 Å². The summed E-state index contributed by atoms with van der Waals surface area (Å²) in [5.41, 5.74) is 15.5. The van der Waals surface area contributed by atoms with Crippen LogP contribution in [0.5, 0.6) is 0 Å². The number of hydrogen-bond donors (Lipinski definition) is 2. The summed E-state index contributed by atoms with van der Waals surface area (Å²) in [5.74, 6) is 0. The maximum atomic E-state index is 5.81. The molecule has 0 saturated carbocycles. The predicted molar refractivity (Wildman–Crippen MR) is 75.3 cm³/mol. The Balaban J connectivity index is 2.28. The molecule has 0 aliphatic heterocycles. The minimum Gasteiger partial charge on any atom is -0.399 e. The van der Waals surface area contributed by atoms with Gasteiger partial charge in [0.25, 0.3) is 0 Å². The van der Waals surface area contributed by atoms with Crippen molar-refractivity contribution in [1.29, 1.82) is 0 Å². The molecule has 0 fully saturated rings. The molecule has 0 atom stereocenters. The van der Waals surface area contributed by atoms with Gasteiger partial charge in [-0.3, -0.25) is 0 Å². The molecule has 3 heteroatoms. The fraction of sp³-hybridized carbons (Fsp3) is 0.143. The van der Waals surface area contributed by atoms with Crippen molar-refractivity contribution in [3.05, 3.63) is 47.5 Å². The molecule has 0 heterocycles. The zero-order chi connectivity index (χ0) is 12.4. The first-order valence-corrected chi connectivity index (χ1v) is 6.28. The first-order valence-electron chi connectivity index (χ1n) is 5.46. The highest BCUT2D eigenvalue weighted by Gasteiger charge is 2.03. The number of nitrogen functional groups attached to an aromatic ring is 2. The summed E-state index contributed by atoms with van der Waals surface area (Å²) in [5, 5.41) is 0. The van der Waals surface area contributed by atoms with Gasteiger partial charge in [0.2, 0.25) is 0 Å². The van der Waals surface area contributed by atoms with Crippen molar-refractivity contribution in [3.63, 3.8) is 0 Å². The van der Waals surface area contributed by atoms with E-state index in [0.29, 0.717) is 0 Å². The molecule has 0 bridgehead atoms. The van der Waals surface area contributed by atoms with Crippen LogP contribution in [0.4, 0.5) is 11.4 Å². The van der Waals surface area contributed by atoms with Gasteiger partial charge in [-0.1, -0.05) is 11.8 Å². The van der Waals surface area contributed by atoms with E-state index >= 15 is 0 Å². The lowest BCUT2D eigenvalue weighted by atomic mass is 10.2. The van der Waals surface area contributed by atoms with Crippen LogP contribution in [0.25, 0.3) is 0 Å². The van der Waals surface area contributed by atoms with E-state index < -0.39 is 0 Å². The summed E-state index contributed by atoms with van der Waals surface area (Å²) in [7, 11) is 0. The van der Waals surface area contributed by atoms with Crippen LogP contribution in [-0.2, 0) is 0 Å². The Bertz CT molecular complexity index is 550. The molecule has 2 aromatic rings. The Labute approximate surface area is 106 Å². The van der Waals surface area contributed by atoms with Crippen molar-refractivity contribution >= 4 is 23.1 Å². The zero-order valence-electron chi connectivity index (χ0n) is 10.0. The van der Waals surface area contributed by atoms with Crippen molar-refractivity contribution in [2.75, 3.05) is 11.5 Å². The highest BCUT2D eigenvalue weighted by molar-refractivity contribution is 7.99. The molecule has 0 aliphatic rings. The van der Waals surface area contributed by atoms with E-state index in [1.165, 1.54) is 15.4 Å². The number of anilines is 2. The van der Waals surface area contributed by atoms with Crippen LogP contribution in [0.15, 0.2) is 46.2 Å². The minimum atomic E-state index is 0.806. The van der Waals surface area contributed by atoms with E-state index in [1.807, 2.05) is 31.2 Å². The van der Waals surface area contributed by atoms with Crippen molar-refractivity contribution in [2.24, 2.45) is 0 Å². The van der Waals surface area contributed by atoms with Crippen LogP contribution in [0, 0.1) is 13.8 Å². The third-order valence-corrected chi connectivity index (χ3v) is 3.84. The lowest BCUT2D eigenvalue weighted by molar-refractivity contribution is 1.29. The highest BCUT2D eigenvalue weighted by atomic mass is 32.2. The molecule has 88 valence electrons. The molecule has 0 radical (unpaired) electrons. The molecular weight excluding hydrogens is 228 g/mol. The van der Waals surface area contributed by atoms with Crippen LogP contribution in [0.1, 0.15) is 11.1 Å². The van der Waals surface area contributed by atoms with Crippen LogP contribution in [0.2, 0.25) is 0 Å². The van der Waals surface area contributed by atoms with E-state index in [9.17, 15) is 0 Å². The van der Waals surface area contributed by atoms with Gasteiger partial charge in [-0.05, 0) is 61.4 Å². The molecule has 17 heavy (non-hydrogen) atoms. The van der Waals surface area contributed by atoms with E-state index in [1.54, 1.807) is 11.8 Å². The molecule has 0 amide bonds. The third kappa shape index (κ3) is 2.74. The van der Waals surface area contributed by atoms with E-state index in [2.05, 4.69) is 19.1 Å². The van der Waals surface area contributed by atoms with Crippen molar-refractivity contribution in [1.82, 2.24) is 0 Å². The molecule has 2 aromatic carbocycles. The van der Waals surface area contributed by atoms with Gasteiger partial charge in [0.1, 0.15) is 0 Å². The third-order valence-electron chi connectivity index (χ3n) is 2.67. The zero-order valence-corrected chi connectivity index (χ0v) is 10.8. The summed E-state index contributed by atoms with van der Waals surface area (Å²) >= 11 is 1.73. The lowest BCUT2D eigenvalue weighted by Crippen LogP contribution is -1.89. The molecule has 0 saturated heterocycles. The van der Waals surface area contributed by atoms with Crippen molar-refractivity contribution < 1.29 is 0 Å².